The maximum Gasteiger partial charge on any atom is 0.217 e. The molecule has 0 unspecified atom stereocenters. The summed E-state index contributed by atoms with van der Waals surface area (Å²) >= 11 is 0. The zero-order chi connectivity index (χ0) is 13.2. The molecule has 0 fully saturated rings. The minimum atomic E-state index is -0.245. The zero-order valence-corrected chi connectivity index (χ0v) is 10.7. The third kappa shape index (κ3) is 2.42. The first-order valence-corrected chi connectivity index (χ1v) is 6.48. The van der Waals surface area contributed by atoms with E-state index in [1.54, 1.807) is 0 Å². The lowest BCUT2D eigenvalue weighted by atomic mass is 10.0. The summed E-state index contributed by atoms with van der Waals surface area (Å²) < 4.78 is 5.73. The molecule has 1 aromatic carbocycles. The topological polar surface area (TPSA) is 67.6 Å². The van der Waals surface area contributed by atoms with Crippen LogP contribution in [0.2, 0.25) is 0 Å². The van der Waals surface area contributed by atoms with Gasteiger partial charge < -0.3 is 15.9 Å². The monoisotopic (exact) mass is 259 g/mol. The van der Waals surface area contributed by atoms with Crippen LogP contribution < -0.4 is 15.9 Å². The molecule has 2 aliphatic heterocycles. The predicted octanol–water partition coefficient (Wildman–Crippen LogP) is 0.876. The van der Waals surface area contributed by atoms with Gasteiger partial charge in [-0.15, -0.1) is 0 Å². The van der Waals surface area contributed by atoms with E-state index in [1.165, 1.54) is 5.57 Å². The van der Waals surface area contributed by atoms with Gasteiger partial charge in [-0.2, -0.15) is 0 Å². The van der Waals surface area contributed by atoms with Gasteiger partial charge in [0.25, 0.3) is 0 Å². The first kappa shape index (κ1) is 12.0. The Hall–Kier alpha value is -2.01. The van der Waals surface area contributed by atoms with Crippen molar-refractivity contribution in [1.29, 1.82) is 0 Å². The van der Waals surface area contributed by atoms with E-state index < -0.39 is 0 Å². The van der Waals surface area contributed by atoms with Crippen molar-refractivity contribution in [1.82, 2.24) is 10.4 Å². The van der Waals surface area contributed by atoms with Crippen LogP contribution >= 0.6 is 0 Å². The highest BCUT2D eigenvalue weighted by Crippen LogP contribution is 2.34. The van der Waals surface area contributed by atoms with Crippen LogP contribution in [-0.2, 0) is 4.79 Å². The van der Waals surface area contributed by atoms with Crippen LogP contribution in [0.3, 0.4) is 0 Å². The number of hydrogen-bond acceptors (Lipinski definition) is 4. The number of carbonyl (C=O) groups is 1. The van der Waals surface area contributed by atoms with Crippen molar-refractivity contribution < 1.29 is 9.53 Å². The highest BCUT2D eigenvalue weighted by Gasteiger charge is 2.27. The number of ether oxygens (including phenoxy) is 1. The van der Waals surface area contributed by atoms with Crippen LogP contribution in [0.5, 0.6) is 5.75 Å². The van der Waals surface area contributed by atoms with Gasteiger partial charge >= 0.3 is 0 Å². The summed E-state index contributed by atoms with van der Waals surface area (Å²) in [5.41, 5.74) is 12.1. The summed E-state index contributed by atoms with van der Waals surface area (Å²) in [4.78, 5) is 10.7. The first-order valence-electron chi connectivity index (χ1n) is 6.48. The standard InChI is InChI=1S/C14H17N3O2/c15-13(18)6-3-7-17-8-10-9-19-12-5-2-1-4-11(12)14(10)16-17/h1-2,4-5,16H,3,6-9H2,(H2,15,18). The number of nitrogens with one attached hydrogen (secondary N) is 1. The molecule has 5 heteroatoms. The molecule has 2 heterocycles. The van der Waals surface area contributed by atoms with E-state index in [0.717, 1.165) is 36.5 Å². The molecule has 5 nitrogen and oxygen atoms in total. The lowest BCUT2D eigenvalue weighted by molar-refractivity contribution is -0.118. The Balaban J connectivity index is 1.67. The maximum atomic E-state index is 10.7. The molecule has 19 heavy (non-hydrogen) atoms. The zero-order valence-electron chi connectivity index (χ0n) is 10.7. The van der Waals surface area contributed by atoms with Gasteiger partial charge in [0, 0.05) is 30.6 Å². The Morgan fingerprint density at radius 2 is 2.26 bits per heavy atom. The Morgan fingerprint density at radius 3 is 3.11 bits per heavy atom. The van der Waals surface area contributed by atoms with Gasteiger partial charge in [-0.1, -0.05) is 12.1 Å². The molecule has 1 aromatic rings. The minimum Gasteiger partial charge on any atom is -0.488 e. The Morgan fingerprint density at radius 1 is 1.42 bits per heavy atom. The van der Waals surface area contributed by atoms with Gasteiger partial charge in [-0.3, -0.25) is 4.79 Å². The molecule has 100 valence electrons. The molecule has 3 N–H and O–H groups in total. The average molecular weight is 259 g/mol. The quantitative estimate of drug-likeness (QED) is 0.842. The molecule has 3 rings (SSSR count). The van der Waals surface area contributed by atoms with Crippen molar-refractivity contribution in [2.45, 2.75) is 12.8 Å². The van der Waals surface area contributed by atoms with E-state index >= 15 is 0 Å². The lowest BCUT2D eigenvalue weighted by Gasteiger charge is -2.19. The van der Waals surface area contributed by atoms with Gasteiger partial charge in [0.1, 0.15) is 12.4 Å². The van der Waals surface area contributed by atoms with Crippen molar-refractivity contribution >= 4 is 11.6 Å². The number of hydrazine groups is 1. The van der Waals surface area contributed by atoms with Crippen LogP contribution in [0.25, 0.3) is 5.70 Å². The molecule has 0 radical (unpaired) electrons. The number of fused-ring (bicyclic) bond motifs is 2. The highest BCUT2D eigenvalue weighted by atomic mass is 16.5. The number of amides is 1. The Kier molecular flexibility index (Phi) is 3.13. The molecular formula is C14H17N3O2. The van der Waals surface area contributed by atoms with E-state index in [0.29, 0.717) is 13.0 Å². The fraction of sp³-hybridized carbons (Fsp3) is 0.357. The van der Waals surface area contributed by atoms with Gasteiger partial charge in [-0.25, -0.2) is 5.01 Å². The number of carbonyl (C=O) groups excluding carboxylic acids is 1. The number of nitrogens with zero attached hydrogens (tertiary/aromatic N) is 1. The summed E-state index contributed by atoms with van der Waals surface area (Å²) in [5.74, 6) is 0.679. The molecule has 1 amide bonds. The lowest BCUT2D eigenvalue weighted by Crippen LogP contribution is -2.33. The van der Waals surface area contributed by atoms with Crippen LogP contribution in [0.1, 0.15) is 18.4 Å². The number of rotatable bonds is 4. The maximum absolute atomic E-state index is 10.7. The number of para-hydroxylation sites is 1. The smallest absolute Gasteiger partial charge is 0.217 e. The van der Waals surface area contributed by atoms with Crippen molar-refractivity contribution in [2.75, 3.05) is 19.7 Å². The second kappa shape index (κ2) is 4.93. The molecule has 0 atom stereocenters. The van der Waals surface area contributed by atoms with Crippen LogP contribution in [0, 0.1) is 0 Å². The highest BCUT2D eigenvalue weighted by molar-refractivity contribution is 5.75. The molecule has 2 aliphatic rings. The van der Waals surface area contributed by atoms with Crippen molar-refractivity contribution in [3.8, 4) is 5.75 Å². The summed E-state index contributed by atoms with van der Waals surface area (Å²) in [5, 5.41) is 2.11. The number of primary amides is 1. The van der Waals surface area contributed by atoms with Gasteiger partial charge in [-0.05, 0) is 18.6 Å². The molecular weight excluding hydrogens is 242 g/mol. The van der Waals surface area contributed by atoms with Crippen molar-refractivity contribution in [3.63, 3.8) is 0 Å². The minimum absolute atomic E-state index is 0.245. The average Bonchev–Trinajstić information content (AvgIpc) is 2.81. The van der Waals surface area contributed by atoms with E-state index in [-0.39, 0.29) is 5.91 Å². The second-order valence-corrected chi connectivity index (χ2v) is 4.87. The molecule has 0 aliphatic carbocycles. The third-order valence-corrected chi connectivity index (χ3v) is 3.41. The number of benzene rings is 1. The van der Waals surface area contributed by atoms with E-state index in [1.807, 2.05) is 18.2 Å². The summed E-state index contributed by atoms with van der Waals surface area (Å²) in [6.45, 7) is 2.27. The Bertz CT molecular complexity index is 539. The van der Waals surface area contributed by atoms with Crippen molar-refractivity contribution in [2.24, 2.45) is 5.73 Å². The molecule has 0 bridgehead atoms. The third-order valence-electron chi connectivity index (χ3n) is 3.41. The summed E-state index contributed by atoms with van der Waals surface area (Å²) in [6, 6.07) is 8.03. The van der Waals surface area contributed by atoms with Crippen molar-refractivity contribution in [3.05, 3.63) is 35.4 Å². The largest absolute Gasteiger partial charge is 0.488 e. The van der Waals surface area contributed by atoms with Gasteiger partial charge in [0.2, 0.25) is 5.91 Å². The van der Waals surface area contributed by atoms with Gasteiger partial charge in [0.05, 0.1) is 5.70 Å². The Labute approximate surface area is 112 Å². The molecule has 0 spiro atoms. The van der Waals surface area contributed by atoms with Crippen LogP contribution in [0.15, 0.2) is 29.8 Å². The fourth-order valence-corrected chi connectivity index (χ4v) is 2.50. The first-order chi connectivity index (χ1) is 9.24. The van der Waals surface area contributed by atoms with Crippen LogP contribution in [-0.4, -0.2) is 30.6 Å². The van der Waals surface area contributed by atoms with E-state index in [4.69, 9.17) is 10.5 Å². The van der Waals surface area contributed by atoms with E-state index in [9.17, 15) is 4.79 Å². The van der Waals surface area contributed by atoms with Crippen LogP contribution in [0.4, 0.5) is 0 Å². The predicted molar refractivity (Wildman–Crippen MR) is 72.0 cm³/mol. The molecule has 0 saturated carbocycles. The van der Waals surface area contributed by atoms with E-state index in [2.05, 4.69) is 16.5 Å². The normalized spacial score (nSPS) is 17.5. The SMILES string of the molecule is NC(=O)CCCN1CC2=C(N1)c1ccccc1OC2. The van der Waals surface area contributed by atoms with Gasteiger partial charge in [0.15, 0.2) is 0 Å². The number of hydrogen-bond donors (Lipinski definition) is 2. The summed E-state index contributed by atoms with van der Waals surface area (Å²) in [6.07, 6.45) is 1.20. The molecule has 0 saturated heterocycles. The fourth-order valence-electron chi connectivity index (χ4n) is 2.50. The number of nitrogens with two attached hydrogens (primary N) is 1. The molecule has 0 aromatic heterocycles. The second-order valence-electron chi connectivity index (χ2n) is 4.87. The summed E-state index contributed by atoms with van der Waals surface area (Å²) in [7, 11) is 0.